The fourth-order valence-electron chi connectivity index (χ4n) is 2.10. The number of hydrogen-bond donors (Lipinski definition) is 2. The molecule has 1 aliphatic rings. The second kappa shape index (κ2) is 6.82. The van der Waals surface area contributed by atoms with Gasteiger partial charge in [-0.2, -0.15) is 0 Å². The van der Waals surface area contributed by atoms with Crippen LogP contribution in [0.4, 0.5) is 0 Å². The molecule has 102 valence electrons. The molecule has 0 aromatic rings. The molecule has 0 aromatic carbocycles. The molecule has 0 amide bonds. The van der Waals surface area contributed by atoms with Crippen LogP contribution in [0.1, 0.15) is 19.8 Å². The van der Waals surface area contributed by atoms with E-state index >= 15 is 0 Å². The van der Waals surface area contributed by atoms with Crippen LogP contribution in [0.2, 0.25) is 0 Å². The van der Waals surface area contributed by atoms with Crippen molar-refractivity contribution in [1.29, 1.82) is 0 Å². The normalized spacial score (nSPS) is 22.2. The maximum absolute atomic E-state index is 11.9. The molecule has 0 aromatic heterocycles. The van der Waals surface area contributed by atoms with Gasteiger partial charge in [-0.15, -0.1) is 0 Å². The van der Waals surface area contributed by atoms with E-state index in [0.29, 0.717) is 5.75 Å². The molecular formula is C10H22N2O3S2. The van der Waals surface area contributed by atoms with Gasteiger partial charge in [-0.3, -0.25) is 4.21 Å². The van der Waals surface area contributed by atoms with Gasteiger partial charge in [0, 0.05) is 28.9 Å². The Morgan fingerprint density at radius 2 is 2.00 bits per heavy atom. The van der Waals surface area contributed by atoms with Gasteiger partial charge >= 0.3 is 0 Å². The summed E-state index contributed by atoms with van der Waals surface area (Å²) in [5.41, 5.74) is 0. The third kappa shape index (κ3) is 6.49. The first-order chi connectivity index (χ1) is 7.89. The summed E-state index contributed by atoms with van der Waals surface area (Å²) >= 11 is 0. The van der Waals surface area contributed by atoms with Crippen molar-refractivity contribution >= 4 is 20.8 Å². The molecule has 17 heavy (non-hydrogen) atoms. The van der Waals surface area contributed by atoms with E-state index in [1.165, 1.54) is 0 Å². The maximum Gasteiger partial charge on any atom is 0.212 e. The highest BCUT2D eigenvalue weighted by Gasteiger charge is 2.22. The highest BCUT2D eigenvalue weighted by atomic mass is 32.2. The molecule has 0 spiro atoms. The lowest BCUT2D eigenvalue weighted by molar-refractivity contribution is 0.399. The van der Waals surface area contributed by atoms with Crippen LogP contribution < -0.4 is 10.0 Å². The maximum atomic E-state index is 11.9. The molecule has 7 heteroatoms. The predicted octanol–water partition coefficient (Wildman–Crippen LogP) is -0.328. The van der Waals surface area contributed by atoms with E-state index in [0.717, 1.165) is 25.9 Å². The Bertz CT molecular complexity index is 351. The van der Waals surface area contributed by atoms with Crippen LogP contribution in [0, 0.1) is 5.92 Å². The van der Waals surface area contributed by atoms with Crippen LogP contribution in [0.15, 0.2) is 0 Å². The third-order valence-corrected chi connectivity index (χ3v) is 5.42. The zero-order chi connectivity index (χ0) is 12.9. The summed E-state index contributed by atoms with van der Waals surface area (Å²) in [5.74, 6) is 0.800. The highest BCUT2D eigenvalue weighted by Crippen LogP contribution is 2.13. The summed E-state index contributed by atoms with van der Waals surface area (Å²) in [6.45, 7) is 3.55. The van der Waals surface area contributed by atoms with E-state index in [4.69, 9.17) is 0 Å². The van der Waals surface area contributed by atoms with E-state index < -0.39 is 20.8 Å². The van der Waals surface area contributed by atoms with Crippen molar-refractivity contribution in [3.8, 4) is 0 Å². The van der Waals surface area contributed by atoms with E-state index in [-0.39, 0.29) is 17.7 Å². The van der Waals surface area contributed by atoms with Crippen LogP contribution in [0.5, 0.6) is 0 Å². The minimum absolute atomic E-state index is 0.190. The lowest BCUT2D eigenvalue weighted by atomic mass is 10.0. The molecule has 1 heterocycles. The molecule has 1 aliphatic heterocycles. The van der Waals surface area contributed by atoms with Gasteiger partial charge in [0.25, 0.3) is 0 Å². The van der Waals surface area contributed by atoms with E-state index in [1.807, 2.05) is 0 Å². The van der Waals surface area contributed by atoms with Crippen molar-refractivity contribution in [3.05, 3.63) is 0 Å². The summed E-state index contributed by atoms with van der Waals surface area (Å²) < 4.78 is 37.3. The first-order valence-corrected chi connectivity index (χ1v) is 9.28. The SMILES string of the molecule is CC(CS(C)=O)NS(=O)(=O)CC1CCNCC1. The topological polar surface area (TPSA) is 75.3 Å². The smallest absolute Gasteiger partial charge is 0.212 e. The van der Waals surface area contributed by atoms with E-state index in [9.17, 15) is 12.6 Å². The monoisotopic (exact) mass is 282 g/mol. The van der Waals surface area contributed by atoms with Crippen LogP contribution in [0.3, 0.4) is 0 Å². The summed E-state index contributed by atoms with van der Waals surface area (Å²) in [6, 6.07) is -0.257. The number of nitrogens with one attached hydrogen (secondary N) is 2. The zero-order valence-corrected chi connectivity index (χ0v) is 12.1. The quantitative estimate of drug-likeness (QED) is 0.700. The predicted molar refractivity (Wildman–Crippen MR) is 70.9 cm³/mol. The molecule has 2 atom stereocenters. The minimum atomic E-state index is -3.24. The van der Waals surface area contributed by atoms with Crippen molar-refractivity contribution in [1.82, 2.24) is 10.0 Å². The average molecular weight is 282 g/mol. The Morgan fingerprint density at radius 3 is 2.53 bits per heavy atom. The van der Waals surface area contributed by atoms with Crippen LogP contribution in [-0.2, 0) is 20.8 Å². The Hall–Kier alpha value is 0.0200. The Morgan fingerprint density at radius 1 is 1.41 bits per heavy atom. The van der Waals surface area contributed by atoms with Gasteiger partial charge < -0.3 is 5.32 Å². The van der Waals surface area contributed by atoms with Crippen LogP contribution in [-0.4, -0.2) is 49.5 Å². The molecule has 2 unspecified atom stereocenters. The van der Waals surface area contributed by atoms with E-state index in [2.05, 4.69) is 10.0 Å². The lowest BCUT2D eigenvalue weighted by Gasteiger charge is -2.23. The zero-order valence-electron chi connectivity index (χ0n) is 10.4. The van der Waals surface area contributed by atoms with Crippen molar-refractivity contribution in [2.24, 2.45) is 5.92 Å². The summed E-state index contributed by atoms with van der Waals surface area (Å²) in [5, 5.41) is 3.21. The highest BCUT2D eigenvalue weighted by molar-refractivity contribution is 7.89. The molecule has 1 rings (SSSR count). The standard InChI is InChI=1S/C10H22N2O3S2/c1-9(7-16(2)13)12-17(14,15)8-10-3-5-11-6-4-10/h9-12H,3-8H2,1-2H3. The van der Waals surface area contributed by atoms with Gasteiger partial charge in [-0.1, -0.05) is 0 Å². The van der Waals surface area contributed by atoms with Gasteiger partial charge in [0.2, 0.25) is 10.0 Å². The fraction of sp³-hybridized carbons (Fsp3) is 1.00. The van der Waals surface area contributed by atoms with Gasteiger partial charge in [0.1, 0.15) is 0 Å². The number of piperidine rings is 1. The lowest BCUT2D eigenvalue weighted by Crippen LogP contribution is -2.41. The first-order valence-electron chi connectivity index (χ1n) is 5.90. The average Bonchev–Trinajstić information content (AvgIpc) is 2.15. The Kier molecular flexibility index (Phi) is 6.05. The fourth-order valence-corrected chi connectivity index (χ4v) is 4.74. The Balaban J connectivity index is 2.41. The number of sulfonamides is 1. The van der Waals surface area contributed by atoms with Crippen molar-refractivity contribution in [2.75, 3.05) is 30.9 Å². The number of rotatable bonds is 6. The van der Waals surface area contributed by atoms with Crippen molar-refractivity contribution in [3.63, 3.8) is 0 Å². The molecule has 5 nitrogen and oxygen atoms in total. The van der Waals surface area contributed by atoms with E-state index in [1.54, 1.807) is 13.2 Å². The second-order valence-electron chi connectivity index (χ2n) is 4.73. The van der Waals surface area contributed by atoms with Gasteiger partial charge in [0.05, 0.1) is 5.75 Å². The summed E-state index contributed by atoms with van der Waals surface area (Å²) in [6.07, 6.45) is 3.40. The molecule has 1 fully saturated rings. The van der Waals surface area contributed by atoms with Crippen molar-refractivity contribution < 1.29 is 12.6 Å². The summed E-state index contributed by atoms with van der Waals surface area (Å²) in [7, 11) is -4.21. The van der Waals surface area contributed by atoms with Crippen LogP contribution in [0.25, 0.3) is 0 Å². The van der Waals surface area contributed by atoms with Crippen molar-refractivity contribution in [2.45, 2.75) is 25.8 Å². The van der Waals surface area contributed by atoms with Gasteiger partial charge in [0.15, 0.2) is 0 Å². The minimum Gasteiger partial charge on any atom is -0.317 e. The van der Waals surface area contributed by atoms with Gasteiger partial charge in [-0.05, 0) is 38.8 Å². The molecular weight excluding hydrogens is 260 g/mol. The first kappa shape index (κ1) is 15.1. The molecule has 0 saturated carbocycles. The second-order valence-corrected chi connectivity index (χ2v) is 8.01. The Labute approximate surface area is 106 Å². The molecule has 0 bridgehead atoms. The summed E-state index contributed by atoms with van der Waals surface area (Å²) in [4.78, 5) is 0. The largest absolute Gasteiger partial charge is 0.317 e. The van der Waals surface area contributed by atoms with Crippen LogP contribution >= 0.6 is 0 Å². The molecule has 1 saturated heterocycles. The molecule has 2 N–H and O–H groups in total. The molecule has 0 radical (unpaired) electrons. The van der Waals surface area contributed by atoms with Gasteiger partial charge in [-0.25, -0.2) is 13.1 Å². The third-order valence-electron chi connectivity index (χ3n) is 2.78. The number of hydrogen-bond acceptors (Lipinski definition) is 4. The molecule has 0 aliphatic carbocycles.